The number of methoxy groups -OCH3 is 1. The first-order valence-electron chi connectivity index (χ1n) is 9.48. The van der Waals surface area contributed by atoms with Gasteiger partial charge in [-0.1, -0.05) is 31.2 Å². The standard InChI is InChI=1S/C21H24N2O5S/c1-3-18(15-10-12-16(28-2)13-11-15)22-20(24)9-6-14-23-21(25)17-7-4-5-8-19(17)29(23,26)27/h4-5,7-8,10-13,18H,3,6,9,14H2,1-2H3,(H,22,24)/t18-/m1/s1. The fraction of sp³-hybridized carbons (Fsp3) is 0.333. The first kappa shape index (κ1) is 20.9. The molecule has 2 aromatic carbocycles. The van der Waals surface area contributed by atoms with Crippen molar-refractivity contribution < 1.29 is 22.7 Å². The summed E-state index contributed by atoms with van der Waals surface area (Å²) < 4.78 is 31.1. The van der Waals surface area contributed by atoms with E-state index in [2.05, 4.69) is 5.32 Å². The average molecular weight is 416 g/mol. The normalized spacial score (nSPS) is 15.7. The van der Waals surface area contributed by atoms with Gasteiger partial charge in [0.15, 0.2) is 0 Å². The van der Waals surface area contributed by atoms with Gasteiger partial charge in [0.25, 0.3) is 15.9 Å². The highest BCUT2D eigenvalue weighted by Crippen LogP contribution is 2.30. The lowest BCUT2D eigenvalue weighted by Crippen LogP contribution is -2.33. The third-order valence-electron chi connectivity index (χ3n) is 4.94. The first-order chi connectivity index (χ1) is 13.9. The lowest BCUT2D eigenvalue weighted by molar-refractivity contribution is -0.122. The number of hydrogen-bond acceptors (Lipinski definition) is 5. The minimum absolute atomic E-state index is 0.0252. The Labute approximate surface area is 170 Å². The van der Waals surface area contributed by atoms with Crippen molar-refractivity contribution in [3.05, 3.63) is 59.7 Å². The zero-order valence-electron chi connectivity index (χ0n) is 16.4. The Kier molecular flexibility index (Phi) is 6.22. The average Bonchev–Trinajstić information content (AvgIpc) is 2.93. The molecule has 154 valence electrons. The SMILES string of the molecule is CC[C@@H](NC(=O)CCCN1C(=O)c2ccccc2S1(=O)=O)c1ccc(OC)cc1. The van der Waals surface area contributed by atoms with E-state index in [1.807, 2.05) is 31.2 Å². The third kappa shape index (κ3) is 4.27. The molecule has 3 rings (SSSR count). The number of nitrogens with one attached hydrogen (secondary N) is 1. The molecule has 0 fully saturated rings. The number of sulfonamides is 1. The summed E-state index contributed by atoms with van der Waals surface area (Å²) >= 11 is 0. The van der Waals surface area contributed by atoms with E-state index in [-0.39, 0.29) is 41.8 Å². The highest BCUT2D eigenvalue weighted by atomic mass is 32.2. The van der Waals surface area contributed by atoms with Gasteiger partial charge in [-0.25, -0.2) is 12.7 Å². The van der Waals surface area contributed by atoms with Crippen LogP contribution in [0.4, 0.5) is 0 Å². The Morgan fingerprint density at radius 2 is 1.83 bits per heavy atom. The monoisotopic (exact) mass is 416 g/mol. The molecule has 8 heteroatoms. The van der Waals surface area contributed by atoms with E-state index < -0.39 is 15.9 Å². The summed E-state index contributed by atoms with van der Waals surface area (Å²) in [5, 5.41) is 2.96. The molecule has 1 aliphatic heterocycles. The molecule has 2 amide bonds. The van der Waals surface area contributed by atoms with Gasteiger partial charge in [-0.3, -0.25) is 9.59 Å². The Hall–Kier alpha value is -2.87. The predicted molar refractivity (Wildman–Crippen MR) is 108 cm³/mol. The number of benzene rings is 2. The van der Waals surface area contributed by atoms with E-state index in [9.17, 15) is 18.0 Å². The van der Waals surface area contributed by atoms with Gasteiger partial charge in [-0.2, -0.15) is 0 Å². The molecular formula is C21H24N2O5S. The molecule has 7 nitrogen and oxygen atoms in total. The van der Waals surface area contributed by atoms with Crippen molar-refractivity contribution in [2.75, 3.05) is 13.7 Å². The fourth-order valence-electron chi connectivity index (χ4n) is 3.36. The van der Waals surface area contributed by atoms with Crippen molar-refractivity contribution in [1.29, 1.82) is 0 Å². The molecule has 1 aliphatic rings. The van der Waals surface area contributed by atoms with Gasteiger partial charge in [0.05, 0.1) is 18.7 Å². The molecule has 2 aromatic rings. The second-order valence-electron chi connectivity index (χ2n) is 6.78. The molecule has 0 saturated heterocycles. The van der Waals surface area contributed by atoms with Gasteiger partial charge in [0.2, 0.25) is 5.91 Å². The van der Waals surface area contributed by atoms with E-state index in [0.717, 1.165) is 15.6 Å². The van der Waals surface area contributed by atoms with E-state index >= 15 is 0 Å². The quantitative estimate of drug-likeness (QED) is 0.714. The number of hydrogen-bond donors (Lipinski definition) is 1. The molecule has 0 saturated carbocycles. The van der Waals surface area contributed by atoms with E-state index in [1.54, 1.807) is 19.2 Å². The molecular weight excluding hydrogens is 392 g/mol. The summed E-state index contributed by atoms with van der Waals surface area (Å²) in [5.74, 6) is 0.0207. The van der Waals surface area contributed by atoms with E-state index in [1.165, 1.54) is 12.1 Å². The fourth-order valence-corrected chi connectivity index (χ4v) is 4.97. The predicted octanol–water partition coefficient (Wildman–Crippen LogP) is 2.89. The summed E-state index contributed by atoms with van der Waals surface area (Å²) in [6.07, 6.45) is 1.10. The molecule has 0 aliphatic carbocycles. The molecule has 0 bridgehead atoms. The van der Waals surface area contributed by atoms with Crippen molar-refractivity contribution in [3.8, 4) is 5.75 Å². The largest absolute Gasteiger partial charge is 0.497 e. The summed E-state index contributed by atoms with van der Waals surface area (Å²) in [6.45, 7) is 1.95. The van der Waals surface area contributed by atoms with Crippen LogP contribution in [0.25, 0.3) is 0 Å². The Morgan fingerprint density at radius 1 is 1.14 bits per heavy atom. The summed E-state index contributed by atoms with van der Waals surface area (Å²) in [7, 11) is -2.24. The van der Waals surface area contributed by atoms with Crippen LogP contribution in [0.5, 0.6) is 5.75 Å². The highest BCUT2D eigenvalue weighted by molar-refractivity contribution is 7.90. The topological polar surface area (TPSA) is 92.8 Å². The van der Waals surface area contributed by atoms with Crippen LogP contribution < -0.4 is 10.1 Å². The van der Waals surface area contributed by atoms with Gasteiger partial charge in [0, 0.05) is 13.0 Å². The molecule has 0 radical (unpaired) electrons. The van der Waals surface area contributed by atoms with Crippen LogP contribution in [-0.4, -0.2) is 38.2 Å². The third-order valence-corrected chi connectivity index (χ3v) is 6.78. The van der Waals surface area contributed by atoms with Crippen LogP contribution in [0.1, 0.15) is 48.1 Å². The molecule has 1 N–H and O–H groups in total. The minimum Gasteiger partial charge on any atom is -0.497 e. The van der Waals surface area contributed by atoms with Crippen LogP contribution in [-0.2, 0) is 14.8 Å². The summed E-state index contributed by atoms with van der Waals surface area (Å²) in [5.41, 5.74) is 1.15. The number of fused-ring (bicyclic) bond motifs is 1. The lowest BCUT2D eigenvalue weighted by atomic mass is 10.0. The van der Waals surface area contributed by atoms with Crippen LogP contribution in [0, 0.1) is 0 Å². The minimum atomic E-state index is -3.83. The number of carbonyl (C=O) groups is 2. The van der Waals surface area contributed by atoms with Gasteiger partial charge in [-0.15, -0.1) is 0 Å². The van der Waals surface area contributed by atoms with Gasteiger partial charge in [0.1, 0.15) is 10.6 Å². The maximum atomic E-state index is 12.5. The van der Waals surface area contributed by atoms with Gasteiger partial charge in [-0.05, 0) is 42.7 Å². The van der Waals surface area contributed by atoms with Gasteiger partial charge < -0.3 is 10.1 Å². The molecule has 1 atom stereocenters. The van der Waals surface area contributed by atoms with Gasteiger partial charge >= 0.3 is 0 Å². The molecule has 0 aromatic heterocycles. The van der Waals surface area contributed by atoms with E-state index in [0.29, 0.717) is 6.42 Å². The van der Waals surface area contributed by atoms with Crippen molar-refractivity contribution in [2.45, 2.75) is 37.1 Å². The zero-order chi connectivity index (χ0) is 21.0. The highest BCUT2D eigenvalue weighted by Gasteiger charge is 2.40. The Bertz CT molecular complexity index is 1000. The maximum Gasteiger partial charge on any atom is 0.269 e. The molecule has 0 spiro atoms. The lowest BCUT2D eigenvalue weighted by Gasteiger charge is -2.19. The molecule has 0 unspecified atom stereocenters. The Balaban J connectivity index is 1.56. The summed E-state index contributed by atoms with van der Waals surface area (Å²) in [4.78, 5) is 24.8. The first-order valence-corrected chi connectivity index (χ1v) is 10.9. The number of carbonyl (C=O) groups excluding carboxylic acids is 2. The number of amides is 2. The van der Waals surface area contributed by atoms with Crippen LogP contribution in [0.15, 0.2) is 53.4 Å². The maximum absolute atomic E-state index is 12.5. The smallest absolute Gasteiger partial charge is 0.269 e. The molecule has 1 heterocycles. The number of ether oxygens (including phenoxy) is 1. The zero-order valence-corrected chi connectivity index (χ0v) is 17.2. The summed E-state index contributed by atoms with van der Waals surface area (Å²) in [6, 6.07) is 13.5. The van der Waals surface area contributed by atoms with Crippen LogP contribution in [0.3, 0.4) is 0 Å². The van der Waals surface area contributed by atoms with Crippen LogP contribution in [0.2, 0.25) is 0 Å². The Morgan fingerprint density at radius 3 is 2.45 bits per heavy atom. The second kappa shape index (κ2) is 8.65. The van der Waals surface area contributed by atoms with Crippen LogP contribution >= 0.6 is 0 Å². The van der Waals surface area contributed by atoms with Crippen molar-refractivity contribution in [3.63, 3.8) is 0 Å². The molecule has 29 heavy (non-hydrogen) atoms. The van der Waals surface area contributed by atoms with E-state index in [4.69, 9.17) is 4.74 Å². The number of rotatable bonds is 8. The second-order valence-corrected chi connectivity index (χ2v) is 8.61. The van der Waals surface area contributed by atoms with Crippen molar-refractivity contribution in [1.82, 2.24) is 9.62 Å². The van der Waals surface area contributed by atoms with Crippen molar-refractivity contribution >= 4 is 21.8 Å². The van der Waals surface area contributed by atoms with Crippen molar-refractivity contribution in [2.24, 2.45) is 0 Å². The number of nitrogens with zero attached hydrogens (tertiary/aromatic N) is 1.